The molecule has 0 aliphatic carbocycles. The van der Waals surface area contributed by atoms with E-state index in [1.54, 1.807) is 25.1 Å². The first-order valence-corrected chi connectivity index (χ1v) is 7.90. The number of aliphatic hydroxyl groups excluding tert-OH is 1. The zero-order chi connectivity index (χ0) is 16.4. The number of ether oxygens (including phenoxy) is 2. The Morgan fingerprint density at radius 2 is 2.17 bits per heavy atom. The van der Waals surface area contributed by atoms with Crippen LogP contribution in [0.1, 0.15) is 13.8 Å². The molecule has 2 aliphatic heterocycles. The van der Waals surface area contributed by atoms with E-state index in [9.17, 15) is 9.90 Å². The molecule has 3 rings (SSSR count). The van der Waals surface area contributed by atoms with Gasteiger partial charge in [-0.15, -0.1) is 0 Å². The molecule has 1 saturated heterocycles. The van der Waals surface area contributed by atoms with Crippen molar-refractivity contribution in [2.24, 2.45) is 0 Å². The van der Waals surface area contributed by atoms with Crippen molar-refractivity contribution in [3.8, 4) is 11.5 Å². The largest absolute Gasteiger partial charge is 0.454 e. The van der Waals surface area contributed by atoms with Gasteiger partial charge in [0.2, 0.25) is 6.79 Å². The monoisotopic (exact) mass is 321 g/mol. The van der Waals surface area contributed by atoms with Gasteiger partial charge in [0, 0.05) is 44.0 Å². The van der Waals surface area contributed by atoms with Crippen LogP contribution in [0.25, 0.3) is 0 Å². The van der Waals surface area contributed by atoms with E-state index < -0.39 is 0 Å². The van der Waals surface area contributed by atoms with Crippen LogP contribution in [0, 0.1) is 0 Å². The Hall–Kier alpha value is -1.99. The molecule has 2 amide bonds. The lowest BCUT2D eigenvalue weighted by atomic mass is 10.2. The summed E-state index contributed by atoms with van der Waals surface area (Å²) in [6, 6.07) is 5.35. The molecule has 7 nitrogen and oxygen atoms in total. The number of piperazine rings is 1. The highest BCUT2D eigenvalue weighted by Crippen LogP contribution is 2.34. The lowest BCUT2D eigenvalue weighted by Crippen LogP contribution is -2.56. The number of rotatable bonds is 3. The first kappa shape index (κ1) is 15.9. The number of anilines is 1. The first-order valence-electron chi connectivity index (χ1n) is 7.90. The smallest absolute Gasteiger partial charge is 0.322 e. The van der Waals surface area contributed by atoms with E-state index in [1.165, 1.54) is 0 Å². The van der Waals surface area contributed by atoms with Crippen LogP contribution in [0.4, 0.5) is 10.5 Å². The van der Waals surface area contributed by atoms with Crippen LogP contribution in [0.15, 0.2) is 18.2 Å². The minimum Gasteiger partial charge on any atom is -0.454 e. The molecule has 0 unspecified atom stereocenters. The molecular formula is C16H23N3O4. The summed E-state index contributed by atoms with van der Waals surface area (Å²) in [5.41, 5.74) is 0.692. The first-order chi connectivity index (χ1) is 11.0. The Bertz CT molecular complexity index is 578. The van der Waals surface area contributed by atoms with Crippen molar-refractivity contribution in [1.29, 1.82) is 0 Å². The normalized spacial score (nSPS) is 22.0. The lowest BCUT2D eigenvalue weighted by molar-refractivity contribution is 0.0692. The van der Waals surface area contributed by atoms with Crippen molar-refractivity contribution < 1.29 is 19.4 Å². The molecule has 0 bridgehead atoms. The van der Waals surface area contributed by atoms with Crippen LogP contribution in [-0.2, 0) is 0 Å². The molecule has 2 N–H and O–H groups in total. The zero-order valence-electron chi connectivity index (χ0n) is 13.5. The quantitative estimate of drug-likeness (QED) is 0.879. The van der Waals surface area contributed by atoms with Crippen molar-refractivity contribution in [2.75, 3.05) is 38.3 Å². The third-order valence-corrected chi connectivity index (χ3v) is 4.12. The summed E-state index contributed by atoms with van der Waals surface area (Å²) in [4.78, 5) is 16.5. The van der Waals surface area contributed by atoms with Crippen molar-refractivity contribution in [3.05, 3.63) is 18.2 Å². The predicted octanol–water partition coefficient (Wildman–Crippen LogP) is 1.33. The van der Waals surface area contributed by atoms with Gasteiger partial charge in [0.25, 0.3) is 0 Å². The average molecular weight is 321 g/mol. The Balaban J connectivity index is 1.58. The molecular weight excluding hydrogens is 298 g/mol. The number of aliphatic hydroxyl groups is 1. The van der Waals surface area contributed by atoms with Crippen LogP contribution in [-0.4, -0.2) is 66.1 Å². The number of carbonyl (C=O) groups is 1. The van der Waals surface area contributed by atoms with E-state index in [1.807, 2.05) is 11.8 Å². The molecule has 2 aliphatic rings. The SMILES string of the molecule is C[C@@H](O)CN1CCN(C(=O)Nc2ccc3c(c2)OCO3)[C@@H](C)C1. The number of nitrogens with zero attached hydrogens (tertiary/aromatic N) is 2. The van der Waals surface area contributed by atoms with Crippen molar-refractivity contribution in [1.82, 2.24) is 9.80 Å². The number of amides is 2. The maximum absolute atomic E-state index is 12.5. The minimum absolute atomic E-state index is 0.0940. The van der Waals surface area contributed by atoms with Gasteiger partial charge in [0.05, 0.1) is 6.10 Å². The molecule has 7 heteroatoms. The van der Waals surface area contributed by atoms with E-state index in [2.05, 4.69) is 10.2 Å². The van der Waals surface area contributed by atoms with Crippen LogP contribution >= 0.6 is 0 Å². The summed E-state index contributed by atoms with van der Waals surface area (Å²) in [6.07, 6.45) is -0.351. The second-order valence-corrected chi connectivity index (χ2v) is 6.15. The Kier molecular flexibility index (Phi) is 4.58. The fourth-order valence-electron chi connectivity index (χ4n) is 3.04. The highest BCUT2D eigenvalue weighted by molar-refractivity contribution is 5.90. The highest BCUT2D eigenvalue weighted by atomic mass is 16.7. The number of nitrogens with one attached hydrogen (secondary N) is 1. The Morgan fingerprint density at radius 1 is 1.39 bits per heavy atom. The molecule has 1 aromatic rings. The zero-order valence-corrected chi connectivity index (χ0v) is 13.5. The maximum Gasteiger partial charge on any atom is 0.322 e. The molecule has 1 fully saturated rings. The Morgan fingerprint density at radius 3 is 2.91 bits per heavy atom. The number of urea groups is 1. The number of carbonyl (C=O) groups excluding carboxylic acids is 1. The lowest BCUT2D eigenvalue weighted by Gasteiger charge is -2.40. The molecule has 0 saturated carbocycles. The topological polar surface area (TPSA) is 74.3 Å². The maximum atomic E-state index is 12.5. The van der Waals surface area contributed by atoms with Gasteiger partial charge in [0.15, 0.2) is 11.5 Å². The van der Waals surface area contributed by atoms with Crippen LogP contribution in [0.2, 0.25) is 0 Å². The van der Waals surface area contributed by atoms with Crippen molar-refractivity contribution in [2.45, 2.75) is 26.0 Å². The van der Waals surface area contributed by atoms with Crippen LogP contribution in [0.5, 0.6) is 11.5 Å². The van der Waals surface area contributed by atoms with Gasteiger partial charge in [-0.25, -0.2) is 4.79 Å². The third kappa shape index (κ3) is 3.68. The number of benzene rings is 1. The molecule has 126 valence electrons. The van der Waals surface area contributed by atoms with Gasteiger partial charge < -0.3 is 24.8 Å². The molecule has 0 aromatic heterocycles. The fourth-order valence-corrected chi connectivity index (χ4v) is 3.04. The van der Waals surface area contributed by atoms with E-state index >= 15 is 0 Å². The van der Waals surface area contributed by atoms with Gasteiger partial charge >= 0.3 is 6.03 Å². The second kappa shape index (κ2) is 6.64. The number of β-amino-alcohol motifs (C(OH)–C–C–N with tert-alkyl or cyclic N) is 1. The summed E-state index contributed by atoms with van der Waals surface area (Å²) in [5.74, 6) is 1.35. The highest BCUT2D eigenvalue weighted by Gasteiger charge is 2.28. The third-order valence-electron chi connectivity index (χ3n) is 4.12. The average Bonchev–Trinajstić information content (AvgIpc) is 2.94. The van der Waals surface area contributed by atoms with E-state index in [0.717, 1.165) is 13.1 Å². The van der Waals surface area contributed by atoms with E-state index in [0.29, 0.717) is 30.3 Å². The molecule has 2 heterocycles. The summed E-state index contributed by atoms with van der Waals surface area (Å²) in [6.45, 7) is 6.83. The standard InChI is InChI=1S/C16H23N3O4/c1-11-8-18(9-12(2)20)5-6-19(11)16(21)17-13-3-4-14-15(7-13)23-10-22-14/h3-4,7,11-12,20H,5-6,8-10H2,1-2H3,(H,17,21)/t11-,12+/m0/s1. The van der Waals surface area contributed by atoms with E-state index in [-0.39, 0.29) is 25.0 Å². The molecule has 2 atom stereocenters. The predicted molar refractivity (Wildman–Crippen MR) is 85.9 cm³/mol. The van der Waals surface area contributed by atoms with Crippen LogP contribution < -0.4 is 14.8 Å². The summed E-state index contributed by atoms with van der Waals surface area (Å²) >= 11 is 0. The number of hydrogen-bond acceptors (Lipinski definition) is 5. The van der Waals surface area contributed by atoms with Gasteiger partial charge in [-0.1, -0.05) is 0 Å². The summed E-state index contributed by atoms with van der Waals surface area (Å²) in [7, 11) is 0. The van der Waals surface area contributed by atoms with Gasteiger partial charge in [-0.2, -0.15) is 0 Å². The molecule has 0 radical (unpaired) electrons. The van der Waals surface area contributed by atoms with Crippen molar-refractivity contribution >= 4 is 11.7 Å². The van der Waals surface area contributed by atoms with Crippen LogP contribution in [0.3, 0.4) is 0 Å². The molecule has 0 spiro atoms. The van der Waals surface area contributed by atoms with E-state index in [4.69, 9.17) is 9.47 Å². The van der Waals surface area contributed by atoms with Gasteiger partial charge in [0.1, 0.15) is 0 Å². The van der Waals surface area contributed by atoms with Crippen molar-refractivity contribution in [3.63, 3.8) is 0 Å². The minimum atomic E-state index is -0.351. The molecule has 23 heavy (non-hydrogen) atoms. The summed E-state index contributed by atoms with van der Waals surface area (Å²) < 4.78 is 10.6. The van der Waals surface area contributed by atoms with Gasteiger partial charge in [-0.3, -0.25) is 4.90 Å². The Labute approximate surface area is 135 Å². The number of hydrogen-bond donors (Lipinski definition) is 2. The fraction of sp³-hybridized carbons (Fsp3) is 0.562. The number of fused-ring (bicyclic) bond motifs is 1. The second-order valence-electron chi connectivity index (χ2n) is 6.15. The summed E-state index contributed by atoms with van der Waals surface area (Å²) in [5, 5.41) is 12.4. The van der Waals surface area contributed by atoms with Gasteiger partial charge in [-0.05, 0) is 26.0 Å². The molecule has 1 aromatic carbocycles.